The number of hydrogen-bond donors (Lipinski definition) is 0. The van der Waals surface area contributed by atoms with Crippen LogP contribution in [0.1, 0.15) is 42.3 Å². The summed E-state index contributed by atoms with van der Waals surface area (Å²) in [6.07, 6.45) is 0.892. The Kier molecular flexibility index (Phi) is 7.00. The predicted molar refractivity (Wildman–Crippen MR) is 146 cm³/mol. The van der Waals surface area contributed by atoms with Gasteiger partial charge in [0, 0.05) is 29.8 Å². The summed E-state index contributed by atoms with van der Waals surface area (Å²) in [7, 11) is 0. The minimum Gasteiger partial charge on any atom is -0.494 e. The Morgan fingerprint density at radius 3 is 2.54 bits per heavy atom. The standard InChI is InChI=1S/C28H31N3O2S2/c1-5-33-22-12-10-21(11-13-22)31-27(32)25-23-14-15-30(18(2)3)16-24(23)35-26(25)29-28(31)34-17-20-8-6-19(4)7-9-20/h6-13,18H,5,14-17H2,1-4H3. The van der Waals surface area contributed by atoms with E-state index in [0.717, 1.165) is 52.1 Å². The average Bonchev–Trinajstić information content (AvgIpc) is 3.22. The molecule has 182 valence electrons. The van der Waals surface area contributed by atoms with Gasteiger partial charge in [-0.3, -0.25) is 14.3 Å². The van der Waals surface area contributed by atoms with Crippen molar-refractivity contribution in [3.05, 3.63) is 80.5 Å². The van der Waals surface area contributed by atoms with Crippen molar-refractivity contribution in [2.75, 3.05) is 13.2 Å². The number of hydrogen-bond acceptors (Lipinski definition) is 6. The lowest BCUT2D eigenvalue weighted by molar-refractivity contribution is 0.206. The Balaban J connectivity index is 1.60. The molecule has 1 aliphatic rings. The summed E-state index contributed by atoms with van der Waals surface area (Å²) in [6.45, 7) is 11.0. The fourth-order valence-electron chi connectivity index (χ4n) is 4.50. The first kappa shape index (κ1) is 24.1. The lowest BCUT2D eigenvalue weighted by Gasteiger charge is -2.30. The highest BCUT2D eigenvalue weighted by atomic mass is 32.2. The maximum Gasteiger partial charge on any atom is 0.267 e. The second-order valence-electron chi connectivity index (χ2n) is 9.23. The van der Waals surface area contributed by atoms with E-state index in [4.69, 9.17) is 9.72 Å². The first-order valence-corrected chi connectivity index (χ1v) is 14.0. The number of ether oxygens (including phenoxy) is 1. The number of rotatable bonds is 7. The Bertz CT molecular complexity index is 1390. The monoisotopic (exact) mass is 505 g/mol. The minimum atomic E-state index is 0.0288. The molecule has 4 aromatic rings. The molecule has 5 nitrogen and oxygen atoms in total. The quantitative estimate of drug-likeness (QED) is 0.221. The molecule has 0 atom stereocenters. The maximum absolute atomic E-state index is 14.0. The first-order valence-electron chi connectivity index (χ1n) is 12.2. The van der Waals surface area contributed by atoms with Gasteiger partial charge < -0.3 is 4.74 Å². The van der Waals surface area contributed by atoms with Crippen LogP contribution in [0.5, 0.6) is 5.75 Å². The smallest absolute Gasteiger partial charge is 0.267 e. The third-order valence-electron chi connectivity index (χ3n) is 6.50. The Morgan fingerprint density at radius 2 is 1.86 bits per heavy atom. The molecule has 0 amide bonds. The van der Waals surface area contributed by atoms with Gasteiger partial charge in [-0.25, -0.2) is 4.98 Å². The molecule has 35 heavy (non-hydrogen) atoms. The van der Waals surface area contributed by atoms with E-state index in [-0.39, 0.29) is 5.56 Å². The van der Waals surface area contributed by atoms with E-state index < -0.39 is 0 Å². The summed E-state index contributed by atoms with van der Waals surface area (Å²) >= 11 is 3.30. The molecule has 7 heteroatoms. The highest BCUT2D eigenvalue weighted by molar-refractivity contribution is 7.98. The van der Waals surface area contributed by atoms with Crippen LogP contribution in [-0.2, 0) is 18.7 Å². The van der Waals surface area contributed by atoms with Crippen molar-refractivity contribution in [2.24, 2.45) is 0 Å². The molecule has 0 fully saturated rings. The van der Waals surface area contributed by atoms with Gasteiger partial charge in [0.2, 0.25) is 0 Å². The number of thioether (sulfide) groups is 1. The molecule has 2 aromatic carbocycles. The van der Waals surface area contributed by atoms with Crippen LogP contribution in [0.15, 0.2) is 58.5 Å². The maximum atomic E-state index is 14.0. The van der Waals surface area contributed by atoms with Gasteiger partial charge >= 0.3 is 0 Å². The normalized spacial score (nSPS) is 14.0. The largest absolute Gasteiger partial charge is 0.494 e. The zero-order chi connectivity index (χ0) is 24.5. The summed E-state index contributed by atoms with van der Waals surface area (Å²) in [5.41, 5.74) is 4.49. The number of aromatic nitrogens is 2. The van der Waals surface area contributed by atoms with Crippen LogP contribution in [0, 0.1) is 6.92 Å². The minimum absolute atomic E-state index is 0.0288. The van der Waals surface area contributed by atoms with E-state index in [1.54, 1.807) is 27.7 Å². The van der Waals surface area contributed by atoms with Gasteiger partial charge in [-0.1, -0.05) is 41.6 Å². The van der Waals surface area contributed by atoms with E-state index in [0.29, 0.717) is 12.6 Å². The topological polar surface area (TPSA) is 47.4 Å². The van der Waals surface area contributed by atoms with Crippen LogP contribution in [0.25, 0.3) is 15.9 Å². The molecule has 0 spiro atoms. The van der Waals surface area contributed by atoms with Gasteiger partial charge in [0.1, 0.15) is 10.6 Å². The van der Waals surface area contributed by atoms with Gasteiger partial charge in [-0.15, -0.1) is 11.3 Å². The van der Waals surface area contributed by atoms with Gasteiger partial charge in [0.15, 0.2) is 5.16 Å². The third kappa shape index (κ3) is 4.90. The summed E-state index contributed by atoms with van der Waals surface area (Å²) in [5.74, 6) is 1.55. The zero-order valence-electron chi connectivity index (χ0n) is 20.7. The van der Waals surface area contributed by atoms with Crippen molar-refractivity contribution in [3.8, 4) is 11.4 Å². The number of fused-ring (bicyclic) bond motifs is 3. The fourth-order valence-corrected chi connectivity index (χ4v) is 6.75. The average molecular weight is 506 g/mol. The van der Waals surface area contributed by atoms with Crippen LogP contribution >= 0.6 is 23.1 Å². The van der Waals surface area contributed by atoms with Crippen molar-refractivity contribution in [2.45, 2.75) is 57.6 Å². The van der Waals surface area contributed by atoms with Crippen LogP contribution in [0.2, 0.25) is 0 Å². The lowest BCUT2D eigenvalue weighted by atomic mass is 10.0. The van der Waals surface area contributed by atoms with Crippen molar-refractivity contribution in [1.29, 1.82) is 0 Å². The summed E-state index contributed by atoms with van der Waals surface area (Å²) in [4.78, 5) is 23.7. The molecule has 0 saturated heterocycles. The van der Waals surface area contributed by atoms with E-state index in [2.05, 4.69) is 49.9 Å². The highest BCUT2D eigenvalue weighted by Crippen LogP contribution is 2.35. The van der Waals surface area contributed by atoms with Crippen molar-refractivity contribution in [1.82, 2.24) is 14.5 Å². The predicted octanol–water partition coefficient (Wildman–Crippen LogP) is 6.21. The van der Waals surface area contributed by atoms with Gasteiger partial charge in [-0.05, 0) is 69.5 Å². The molecular formula is C28H31N3O2S2. The number of thiophene rings is 1. The SMILES string of the molecule is CCOc1ccc(-n2c(SCc3ccc(C)cc3)nc3sc4c(c3c2=O)CCN(C(C)C)C4)cc1. The Labute approximate surface area is 214 Å². The molecule has 0 aliphatic carbocycles. The molecule has 2 aromatic heterocycles. The third-order valence-corrected chi connectivity index (χ3v) is 8.62. The van der Waals surface area contributed by atoms with Crippen LogP contribution in [-0.4, -0.2) is 33.6 Å². The van der Waals surface area contributed by atoms with Crippen molar-refractivity contribution in [3.63, 3.8) is 0 Å². The van der Waals surface area contributed by atoms with E-state index in [9.17, 15) is 4.79 Å². The van der Waals surface area contributed by atoms with E-state index >= 15 is 0 Å². The van der Waals surface area contributed by atoms with Gasteiger partial charge in [0.25, 0.3) is 5.56 Å². The highest BCUT2D eigenvalue weighted by Gasteiger charge is 2.26. The summed E-state index contributed by atoms with van der Waals surface area (Å²) < 4.78 is 7.41. The lowest BCUT2D eigenvalue weighted by Crippen LogP contribution is -2.35. The Morgan fingerprint density at radius 1 is 1.11 bits per heavy atom. The van der Waals surface area contributed by atoms with Crippen molar-refractivity contribution >= 4 is 33.3 Å². The number of nitrogens with zero attached hydrogens (tertiary/aromatic N) is 3. The second-order valence-corrected chi connectivity index (χ2v) is 11.3. The molecule has 0 bridgehead atoms. The second kappa shape index (κ2) is 10.2. The molecule has 3 heterocycles. The van der Waals surface area contributed by atoms with Crippen LogP contribution in [0.4, 0.5) is 0 Å². The fraction of sp³-hybridized carbons (Fsp3) is 0.357. The first-order chi connectivity index (χ1) is 16.9. The molecule has 0 saturated carbocycles. The zero-order valence-corrected chi connectivity index (χ0v) is 22.3. The number of benzene rings is 2. The summed E-state index contributed by atoms with van der Waals surface area (Å²) in [5, 5.41) is 1.52. The molecule has 0 N–H and O–H groups in total. The van der Waals surface area contributed by atoms with Crippen molar-refractivity contribution < 1.29 is 4.74 Å². The molecule has 0 unspecified atom stereocenters. The number of aryl methyl sites for hydroxylation is 1. The molecule has 1 aliphatic heterocycles. The van der Waals surface area contributed by atoms with Gasteiger partial charge in [0.05, 0.1) is 17.7 Å². The molecule has 0 radical (unpaired) electrons. The van der Waals surface area contributed by atoms with E-state index in [1.165, 1.54) is 21.6 Å². The van der Waals surface area contributed by atoms with Crippen LogP contribution in [0.3, 0.4) is 0 Å². The van der Waals surface area contributed by atoms with E-state index in [1.807, 2.05) is 31.2 Å². The molecular weight excluding hydrogens is 474 g/mol. The Hall–Kier alpha value is -2.61. The summed E-state index contributed by atoms with van der Waals surface area (Å²) in [6, 6.07) is 16.8. The van der Waals surface area contributed by atoms with Crippen LogP contribution < -0.4 is 10.3 Å². The van der Waals surface area contributed by atoms with Gasteiger partial charge in [-0.2, -0.15) is 0 Å². The molecule has 5 rings (SSSR count).